The summed E-state index contributed by atoms with van der Waals surface area (Å²) < 4.78 is 14.5. The van der Waals surface area contributed by atoms with Crippen molar-refractivity contribution in [1.82, 2.24) is 0 Å². The average Bonchev–Trinajstić information content (AvgIpc) is 2.03. The fourth-order valence-electron chi connectivity index (χ4n) is 0.659. The van der Waals surface area contributed by atoms with E-state index >= 15 is 0 Å². The molecule has 4 nitrogen and oxygen atoms in total. The van der Waals surface area contributed by atoms with E-state index in [-0.39, 0.29) is 12.1 Å². The van der Waals surface area contributed by atoms with Crippen molar-refractivity contribution in [3.63, 3.8) is 0 Å². The Labute approximate surface area is 72.8 Å². The highest BCUT2D eigenvalue weighted by molar-refractivity contribution is 5.74. The van der Waals surface area contributed by atoms with Gasteiger partial charge in [-0.15, -0.1) is 0 Å². The summed E-state index contributed by atoms with van der Waals surface area (Å²) in [4.78, 5) is 11.1. The molecule has 12 heavy (non-hydrogen) atoms. The van der Waals surface area contributed by atoms with Crippen LogP contribution in [-0.4, -0.2) is 39.0 Å². The Balaban J connectivity index is 3.67. The van der Waals surface area contributed by atoms with Gasteiger partial charge in [-0.2, -0.15) is 0 Å². The van der Waals surface area contributed by atoms with Crippen LogP contribution >= 0.6 is 0 Å². The molecule has 0 aliphatic rings. The van der Waals surface area contributed by atoms with Gasteiger partial charge in [-0.25, -0.2) is 4.79 Å². The zero-order chi connectivity index (χ0) is 9.56. The monoisotopic (exact) mass is 176 g/mol. The van der Waals surface area contributed by atoms with Gasteiger partial charge < -0.3 is 14.2 Å². The Bertz CT molecular complexity index is 135. The summed E-state index contributed by atoms with van der Waals surface area (Å²) in [7, 11) is 3.02. The third-order valence-electron chi connectivity index (χ3n) is 1.40. The quantitative estimate of drug-likeness (QED) is 0.575. The second-order valence-corrected chi connectivity index (χ2v) is 2.58. The zero-order valence-corrected chi connectivity index (χ0v) is 7.99. The molecule has 0 aromatic heterocycles. The smallest absolute Gasteiger partial charge is 0.335 e. The van der Waals surface area contributed by atoms with Crippen LogP contribution in [0.3, 0.4) is 0 Å². The number of methoxy groups -OCH3 is 2. The molecule has 0 spiro atoms. The van der Waals surface area contributed by atoms with Gasteiger partial charge in [-0.05, 0) is 13.8 Å². The van der Waals surface area contributed by atoms with E-state index in [0.717, 1.165) is 0 Å². The highest BCUT2D eigenvalue weighted by atomic mass is 16.6. The van der Waals surface area contributed by atoms with Crippen molar-refractivity contribution in [2.24, 2.45) is 0 Å². The van der Waals surface area contributed by atoms with Crippen LogP contribution < -0.4 is 0 Å². The van der Waals surface area contributed by atoms with Crippen LogP contribution in [0.25, 0.3) is 0 Å². The number of rotatable bonds is 5. The predicted molar refractivity (Wildman–Crippen MR) is 43.9 cm³/mol. The largest absolute Gasteiger partial charge is 0.458 e. The normalized spacial score (nSPS) is 15.3. The number of carbonyl (C=O) groups excluding carboxylic acids is 1. The van der Waals surface area contributed by atoms with E-state index < -0.39 is 6.10 Å². The Morgan fingerprint density at radius 2 is 1.92 bits per heavy atom. The van der Waals surface area contributed by atoms with E-state index in [1.807, 2.05) is 0 Å². The first kappa shape index (κ1) is 11.4. The highest BCUT2D eigenvalue weighted by Gasteiger charge is 2.15. The van der Waals surface area contributed by atoms with E-state index in [1.165, 1.54) is 7.11 Å². The number of hydrogen-bond donors (Lipinski definition) is 0. The van der Waals surface area contributed by atoms with Crippen molar-refractivity contribution in [2.45, 2.75) is 26.1 Å². The molecule has 0 aliphatic heterocycles. The van der Waals surface area contributed by atoms with Gasteiger partial charge in [-0.1, -0.05) is 0 Å². The minimum Gasteiger partial charge on any atom is -0.458 e. The molecular weight excluding hydrogens is 160 g/mol. The Morgan fingerprint density at radius 3 is 2.33 bits per heavy atom. The van der Waals surface area contributed by atoms with Crippen LogP contribution in [0.15, 0.2) is 0 Å². The maximum Gasteiger partial charge on any atom is 0.335 e. The Kier molecular flexibility index (Phi) is 5.66. The number of hydrogen-bond acceptors (Lipinski definition) is 4. The van der Waals surface area contributed by atoms with Crippen LogP contribution in [0.2, 0.25) is 0 Å². The third kappa shape index (κ3) is 4.31. The van der Waals surface area contributed by atoms with Crippen molar-refractivity contribution in [1.29, 1.82) is 0 Å². The van der Waals surface area contributed by atoms with Crippen LogP contribution in [-0.2, 0) is 19.0 Å². The average molecular weight is 176 g/mol. The van der Waals surface area contributed by atoms with Gasteiger partial charge in [0, 0.05) is 14.2 Å². The van der Waals surface area contributed by atoms with Crippen LogP contribution in [0.1, 0.15) is 13.8 Å². The first-order chi connectivity index (χ1) is 5.61. The van der Waals surface area contributed by atoms with Crippen LogP contribution in [0, 0.1) is 0 Å². The topological polar surface area (TPSA) is 44.8 Å². The summed E-state index contributed by atoms with van der Waals surface area (Å²) in [6, 6.07) is 0. The summed E-state index contributed by atoms with van der Waals surface area (Å²) in [5.74, 6) is -0.359. The molecule has 2 atom stereocenters. The highest BCUT2D eigenvalue weighted by Crippen LogP contribution is 1.97. The molecule has 0 rings (SSSR count). The molecule has 0 saturated carbocycles. The lowest BCUT2D eigenvalue weighted by atomic mass is 10.4. The minimum atomic E-state index is -0.510. The predicted octanol–water partition coefficient (Wildman–Crippen LogP) is 0.599. The molecule has 2 unspecified atom stereocenters. The molecule has 0 bridgehead atoms. The van der Waals surface area contributed by atoms with E-state index in [1.54, 1.807) is 21.0 Å². The summed E-state index contributed by atoms with van der Waals surface area (Å²) in [6.45, 7) is 3.81. The van der Waals surface area contributed by atoms with E-state index in [9.17, 15) is 4.79 Å². The molecule has 0 saturated heterocycles. The lowest BCUT2D eigenvalue weighted by Gasteiger charge is -2.14. The molecule has 0 amide bonds. The lowest BCUT2D eigenvalue weighted by Crippen LogP contribution is -2.28. The number of carbonyl (C=O) groups is 1. The first-order valence-corrected chi connectivity index (χ1v) is 3.84. The van der Waals surface area contributed by atoms with Crippen molar-refractivity contribution in [3.05, 3.63) is 0 Å². The van der Waals surface area contributed by atoms with Crippen LogP contribution in [0.4, 0.5) is 0 Å². The number of ether oxygens (including phenoxy) is 3. The summed E-state index contributed by atoms with van der Waals surface area (Å²) >= 11 is 0. The first-order valence-electron chi connectivity index (χ1n) is 3.84. The van der Waals surface area contributed by atoms with Gasteiger partial charge in [0.2, 0.25) is 0 Å². The van der Waals surface area contributed by atoms with E-state index in [2.05, 4.69) is 0 Å². The molecule has 0 radical (unpaired) electrons. The van der Waals surface area contributed by atoms with Gasteiger partial charge in [-0.3, -0.25) is 0 Å². The lowest BCUT2D eigenvalue weighted by molar-refractivity contribution is -0.161. The van der Waals surface area contributed by atoms with Crippen molar-refractivity contribution in [2.75, 3.05) is 20.8 Å². The maximum absolute atomic E-state index is 11.1. The second kappa shape index (κ2) is 5.97. The van der Waals surface area contributed by atoms with Gasteiger partial charge >= 0.3 is 5.97 Å². The summed E-state index contributed by atoms with van der Waals surface area (Å²) in [5, 5.41) is 0. The molecule has 0 heterocycles. The van der Waals surface area contributed by atoms with E-state index in [0.29, 0.717) is 6.61 Å². The van der Waals surface area contributed by atoms with Gasteiger partial charge in [0.25, 0.3) is 0 Å². The fraction of sp³-hybridized carbons (Fsp3) is 0.875. The molecule has 4 heteroatoms. The number of esters is 1. The fourth-order valence-corrected chi connectivity index (χ4v) is 0.659. The Morgan fingerprint density at radius 1 is 1.33 bits per heavy atom. The molecular formula is C8H16O4. The maximum atomic E-state index is 11.1. The zero-order valence-electron chi connectivity index (χ0n) is 7.99. The standard InChI is InChI=1S/C8H16O4/c1-6(5-10-3)12-8(9)7(2)11-4/h6-7H,5H2,1-4H3. The molecule has 0 aromatic carbocycles. The van der Waals surface area contributed by atoms with Crippen LogP contribution in [0.5, 0.6) is 0 Å². The third-order valence-corrected chi connectivity index (χ3v) is 1.40. The molecule has 0 fully saturated rings. The second-order valence-electron chi connectivity index (χ2n) is 2.58. The SMILES string of the molecule is COCC(C)OC(=O)C(C)OC. The Hall–Kier alpha value is -0.610. The molecule has 0 aliphatic carbocycles. The van der Waals surface area contributed by atoms with Crippen molar-refractivity contribution < 1.29 is 19.0 Å². The van der Waals surface area contributed by atoms with Gasteiger partial charge in [0.1, 0.15) is 6.10 Å². The van der Waals surface area contributed by atoms with Gasteiger partial charge in [0.15, 0.2) is 6.10 Å². The summed E-state index contributed by atoms with van der Waals surface area (Å²) in [6.07, 6.45) is -0.732. The van der Waals surface area contributed by atoms with Crippen molar-refractivity contribution >= 4 is 5.97 Å². The van der Waals surface area contributed by atoms with Crippen molar-refractivity contribution in [3.8, 4) is 0 Å². The molecule has 0 N–H and O–H groups in total. The van der Waals surface area contributed by atoms with E-state index in [4.69, 9.17) is 14.2 Å². The molecule has 0 aromatic rings. The minimum absolute atomic E-state index is 0.222. The summed E-state index contributed by atoms with van der Waals surface area (Å²) in [5.41, 5.74) is 0. The van der Waals surface area contributed by atoms with Gasteiger partial charge in [0.05, 0.1) is 6.61 Å². The molecule has 72 valence electrons.